The van der Waals surface area contributed by atoms with Crippen LogP contribution in [0.25, 0.3) is 0 Å². The second kappa shape index (κ2) is 10.4. The van der Waals surface area contributed by atoms with E-state index in [1.165, 1.54) is 4.31 Å². The van der Waals surface area contributed by atoms with Crippen LogP contribution < -0.4 is 4.90 Å². The number of nitrogens with zero attached hydrogens (tertiary/aromatic N) is 3. The molecule has 0 radical (unpaired) electrons. The third-order valence-corrected chi connectivity index (χ3v) is 7.41. The van der Waals surface area contributed by atoms with E-state index in [1.54, 1.807) is 32.2 Å². The predicted octanol–water partition coefficient (Wildman–Crippen LogP) is 1.34. The van der Waals surface area contributed by atoms with Crippen LogP contribution >= 0.6 is 0 Å². The van der Waals surface area contributed by atoms with Crippen LogP contribution in [0.2, 0.25) is 0 Å². The number of esters is 1. The minimum absolute atomic E-state index is 0.182. The van der Waals surface area contributed by atoms with E-state index in [1.807, 2.05) is 12.1 Å². The number of methoxy groups -OCH3 is 1. The van der Waals surface area contributed by atoms with Crippen molar-refractivity contribution in [2.24, 2.45) is 0 Å². The smallest absolute Gasteiger partial charge is 0.333 e. The van der Waals surface area contributed by atoms with Gasteiger partial charge in [-0.25, -0.2) is 13.2 Å². The number of hydrogen-bond acceptors (Lipinski definition) is 7. The minimum atomic E-state index is -3.59. The van der Waals surface area contributed by atoms with Crippen molar-refractivity contribution in [2.45, 2.75) is 18.2 Å². The number of piperazine rings is 1. The minimum Gasteiger partial charge on any atom is -0.463 e. The van der Waals surface area contributed by atoms with Crippen molar-refractivity contribution in [1.29, 1.82) is 0 Å². The third kappa shape index (κ3) is 5.40. The molecule has 8 nitrogen and oxygen atoms in total. The molecule has 0 bridgehead atoms. The summed E-state index contributed by atoms with van der Waals surface area (Å²) in [5, 5.41) is 0. The molecule has 3 rings (SSSR count). The molecule has 0 amide bonds. The molecule has 0 aliphatic carbocycles. The van der Waals surface area contributed by atoms with Crippen LogP contribution in [0.5, 0.6) is 0 Å². The average Bonchev–Trinajstić information content (AvgIpc) is 2.78. The molecule has 1 aromatic carbocycles. The lowest BCUT2D eigenvalue weighted by atomic mass is 10.1. The first-order valence-corrected chi connectivity index (χ1v) is 11.8. The Labute approximate surface area is 179 Å². The normalized spacial score (nSPS) is 18.9. The maximum Gasteiger partial charge on any atom is 0.333 e. The Kier molecular flexibility index (Phi) is 7.87. The van der Waals surface area contributed by atoms with Crippen LogP contribution in [0, 0.1) is 0 Å². The highest BCUT2D eigenvalue weighted by atomic mass is 32.2. The first kappa shape index (κ1) is 22.7. The van der Waals surface area contributed by atoms with Gasteiger partial charge in [0.1, 0.15) is 0 Å². The Bertz CT molecular complexity index is 846. The van der Waals surface area contributed by atoms with E-state index in [-0.39, 0.29) is 24.0 Å². The molecule has 0 spiro atoms. The van der Waals surface area contributed by atoms with Gasteiger partial charge in [-0.3, -0.25) is 4.90 Å². The molecule has 30 heavy (non-hydrogen) atoms. The summed E-state index contributed by atoms with van der Waals surface area (Å²) in [6.07, 6.45) is 2.01. The molecule has 1 fully saturated rings. The highest BCUT2D eigenvalue weighted by Gasteiger charge is 2.28. The lowest BCUT2D eigenvalue weighted by Gasteiger charge is -2.36. The fraction of sp³-hybridized carbons (Fsp3) is 0.571. The lowest BCUT2D eigenvalue weighted by molar-refractivity contribution is -0.138. The van der Waals surface area contributed by atoms with E-state index < -0.39 is 10.0 Å². The van der Waals surface area contributed by atoms with Crippen molar-refractivity contribution in [3.63, 3.8) is 0 Å². The van der Waals surface area contributed by atoms with Crippen molar-refractivity contribution in [3.05, 3.63) is 35.9 Å². The molecule has 0 atom stereocenters. The number of carbonyl (C=O) groups is 1. The zero-order valence-corrected chi connectivity index (χ0v) is 18.6. The van der Waals surface area contributed by atoms with Crippen molar-refractivity contribution in [3.8, 4) is 0 Å². The van der Waals surface area contributed by atoms with Crippen LogP contribution in [-0.2, 0) is 24.3 Å². The average molecular weight is 438 g/mol. The van der Waals surface area contributed by atoms with Gasteiger partial charge in [-0.2, -0.15) is 4.31 Å². The third-order valence-electron chi connectivity index (χ3n) is 5.53. The van der Waals surface area contributed by atoms with Crippen LogP contribution in [0.3, 0.4) is 0 Å². The Morgan fingerprint density at radius 3 is 2.33 bits per heavy atom. The summed E-state index contributed by atoms with van der Waals surface area (Å²) in [6, 6.07) is 7.10. The molecule has 0 unspecified atom stereocenters. The van der Waals surface area contributed by atoms with Gasteiger partial charge in [0.25, 0.3) is 0 Å². The van der Waals surface area contributed by atoms with E-state index in [9.17, 15) is 13.2 Å². The number of benzene rings is 1. The number of carbonyl (C=O) groups excluding carboxylic acids is 1. The van der Waals surface area contributed by atoms with E-state index in [0.29, 0.717) is 18.6 Å². The fourth-order valence-electron chi connectivity index (χ4n) is 3.71. The second-order valence-electron chi connectivity index (χ2n) is 7.38. The van der Waals surface area contributed by atoms with E-state index >= 15 is 0 Å². The Hall–Kier alpha value is -1.94. The van der Waals surface area contributed by atoms with Gasteiger partial charge in [-0.1, -0.05) is 6.08 Å². The van der Waals surface area contributed by atoms with Crippen LogP contribution in [0.1, 0.15) is 13.3 Å². The quantitative estimate of drug-likeness (QED) is 0.568. The van der Waals surface area contributed by atoms with Gasteiger partial charge in [-0.05, 0) is 37.6 Å². The second-order valence-corrected chi connectivity index (χ2v) is 9.32. The summed E-state index contributed by atoms with van der Waals surface area (Å²) in [7, 11) is -1.88. The van der Waals surface area contributed by atoms with Crippen LogP contribution in [0.4, 0.5) is 5.69 Å². The molecular weight excluding hydrogens is 406 g/mol. The number of rotatable bonds is 8. The molecule has 0 aromatic heterocycles. The summed E-state index contributed by atoms with van der Waals surface area (Å²) >= 11 is 0. The molecule has 2 aliphatic heterocycles. The molecule has 9 heteroatoms. The highest BCUT2D eigenvalue weighted by molar-refractivity contribution is 7.89. The van der Waals surface area contributed by atoms with Gasteiger partial charge in [0.15, 0.2) is 0 Å². The summed E-state index contributed by atoms with van der Waals surface area (Å²) < 4.78 is 37.5. The molecule has 2 heterocycles. The SMILES string of the molecule is CCOC(=O)C1=CCN(S(=O)(=O)c2ccc(N3CCN(CCOC)CC3)cc2)CC1. The van der Waals surface area contributed by atoms with E-state index in [4.69, 9.17) is 9.47 Å². The van der Waals surface area contributed by atoms with Gasteiger partial charge in [0.2, 0.25) is 10.0 Å². The van der Waals surface area contributed by atoms with Gasteiger partial charge in [0.05, 0.1) is 18.1 Å². The molecular formula is C21H31N3O5S. The zero-order valence-electron chi connectivity index (χ0n) is 17.7. The van der Waals surface area contributed by atoms with Crippen molar-refractivity contribution in [2.75, 3.05) is 71.0 Å². The van der Waals surface area contributed by atoms with Gasteiger partial charge >= 0.3 is 5.97 Å². The van der Waals surface area contributed by atoms with Crippen molar-refractivity contribution in [1.82, 2.24) is 9.21 Å². The first-order valence-electron chi connectivity index (χ1n) is 10.4. The molecule has 1 aromatic rings. The maximum atomic E-state index is 13.0. The maximum absolute atomic E-state index is 13.0. The Balaban J connectivity index is 1.60. The molecule has 2 aliphatic rings. The fourth-order valence-corrected chi connectivity index (χ4v) is 5.09. The largest absolute Gasteiger partial charge is 0.463 e. The number of anilines is 1. The lowest BCUT2D eigenvalue weighted by Crippen LogP contribution is -2.47. The predicted molar refractivity (Wildman–Crippen MR) is 115 cm³/mol. The number of sulfonamides is 1. The number of hydrogen-bond donors (Lipinski definition) is 0. The monoisotopic (exact) mass is 437 g/mol. The first-order chi connectivity index (χ1) is 14.5. The van der Waals surface area contributed by atoms with Gasteiger partial charge < -0.3 is 14.4 Å². The highest BCUT2D eigenvalue weighted by Crippen LogP contribution is 2.24. The Morgan fingerprint density at radius 1 is 1.07 bits per heavy atom. The summed E-state index contributed by atoms with van der Waals surface area (Å²) in [6.45, 7) is 7.93. The van der Waals surface area contributed by atoms with E-state index in [2.05, 4.69) is 9.80 Å². The van der Waals surface area contributed by atoms with Gasteiger partial charge in [0, 0.05) is 64.2 Å². The topological polar surface area (TPSA) is 79.4 Å². The summed E-state index contributed by atoms with van der Waals surface area (Å²) in [5.74, 6) is -0.360. The molecule has 0 saturated carbocycles. The summed E-state index contributed by atoms with van der Waals surface area (Å²) in [4.78, 5) is 16.7. The number of ether oxygens (including phenoxy) is 2. The standard InChI is InChI=1S/C21H31N3O5S/c1-3-29-21(25)18-8-10-24(11-9-18)30(26,27)20-6-4-19(5-7-20)23-14-12-22(13-15-23)16-17-28-2/h4-8H,3,9-17H2,1-2H3. The molecule has 1 saturated heterocycles. The van der Waals surface area contributed by atoms with Crippen LogP contribution in [0.15, 0.2) is 40.8 Å². The van der Waals surface area contributed by atoms with Crippen molar-refractivity contribution < 1.29 is 22.7 Å². The zero-order chi connectivity index (χ0) is 21.6. The molecule has 166 valence electrons. The van der Waals surface area contributed by atoms with Gasteiger partial charge in [-0.15, -0.1) is 0 Å². The Morgan fingerprint density at radius 2 is 1.77 bits per heavy atom. The van der Waals surface area contributed by atoms with E-state index in [0.717, 1.165) is 45.0 Å². The van der Waals surface area contributed by atoms with Crippen LogP contribution in [-0.4, -0.2) is 89.7 Å². The molecule has 0 N–H and O–H groups in total. The van der Waals surface area contributed by atoms with Crippen molar-refractivity contribution >= 4 is 21.7 Å². The summed E-state index contributed by atoms with van der Waals surface area (Å²) in [5.41, 5.74) is 1.58.